The van der Waals surface area contributed by atoms with Gasteiger partial charge in [0.15, 0.2) is 6.10 Å². The first-order chi connectivity index (χ1) is 60.2. The first kappa shape index (κ1) is 117. The van der Waals surface area contributed by atoms with E-state index in [0.29, 0.717) is 19.3 Å². The molecule has 0 aliphatic heterocycles. The summed E-state index contributed by atoms with van der Waals surface area (Å²) in [4.78, 5) is 59.1. The number of hydrogen-bond acceptors (Lipinski definition) is 14. The molecule has 0 aromatic heterocycles. The molecule has 0 amide bonds. The molecule has 18 heteroatoms. The lowest BCUT2D eigenvalue weighted by molar-refractivity contribution is -0.161. The Bertz CT molecular complexity index is 3070. The number of hydrogen-bond donors (Lipinski definition) is 4. The molecule has 16 nitrogen and oxygen atoms in total. The van der Waals surface area contributed by atoms with Crippen molar-refractivity contribution < 1.29 is 75.8 Å². The number of carbonyl (C=O) groups excluding carboxylic acids is 3. The fourth-order valence-corrected chi connectivity index (χ4v) is 14.4. The van der Waals surface area contributed by atoms with E-state index in [1.54, 1.807) is 0 Å². The third-order valence-corrected chi connectivity index (χ3v) is 21.9. The molecule has 0 spiro atoms. The second-order valence-corrected chi connectivity index (χ2v) is 34.6. The van der Waals surface area contributed by atoms with Crippen molar-refractivity contribution in [2.75, 3.05) is 39.6 Å². The van der Waals surface area contributed by atoms with E-state index < -0.39 is 91.5 Å². The van der Waals surface area contributed by atoms with Gasteiger partial charge < -0.3 is 34.2 Å². The summed E-state index contributed by atoms with van der Waals surface area (Å²) in [7, 11) is -9.83. The Labute approximate surface area is 750 Å². The van der Waals surface area contributed by atoms with E-state index in [1.807, 2.05) is 0 Å². The molecule has 0 aliphatic rings. The van der Waals surface area contributed by atoms with Crippen LogP contribution in [0.1, 0.15) is 380 Å². The highest BCUT2D eigenvalue weighted by molar-refractivity contribution is 7.47. The van der Waals surface area contributed by atoms with Crippen LogP contribution in [0.4, 0.5) is 0 Å². The van der Waals surface area contributed by atoms with Gasteiger partial charge in [0.25, 0.3) is 0 Å². The van der Waals surface area contributed by atoms with Crippen LogP contribution in [0.25, 0.3) is 0 Å². The Kier molecular flexibility index (Phi) is 90.7. The van der Waals surface area contributed by atoms with E-state index in [9.17, 15) is 43.5 Å². The van der Waals surface area contributed by atoms with Crippen molar-refractivity contribution in [1.29, 1.82) is 0 Å². The first-order valence-electron chi connectivity index (χ1n) is 48.4. The van der Waals surface area contributed by atoms with Gasteiger partial charge in [-0.1, -0.05) is 401 Å². The third-order valence-electron chi connectivity index (χ3n) is 20.0. The maximum atomic E-state index is 13.1. The molecular weight excluding hydrogens is 1580 g/mol. The van der Waals surface area contributed by atoms with Crippen molar-refractivity contribution >= 4 is 33.6 Å². The molecule has 0 aromatic rings. The van der Waals surface area contributed by atoms with Crippen LogP contribution in [0, 0.1) is 0 Å². The van der Waals surface area contributed by atoms with Gasteiger partial charge in [-0.2, -0.15) is 0 Å². The maximum Gasteiger partial charge on any atom is 0.472 e. The minimum atomic E-state index is -4.96. The summed E-state index contributed by atoms with van der Waals surface area (Å²) in [5, 5.41) is 20.8. The van der Waals surface area contributed by atoms with Crippen LogP contribution in [0.5, 0.6) is 0 Å². The van der Waals surface area contributed by atoms with Gasteiger partial charge in [0.2, 0.25) is 0 Å². The van der Waals surface area contributed by atoms with Gasteiger partial charge in [-0.15, -0.1) is 0 Å². The van der Waals surface area contributed by atoms with Crippen molar-refractivity contribution in [2.45, 2.75) is 399 Å². The highest BCUT2D eigenvalue weighted by Crippen LogP contribution is 2.45. The number of esters is 3. The summed E-state index contributed by atoms with van der Waals surface area (Å²) in [5.74, 6) is -1.60. The summed E-state index contributed by atoms with van der Waals surface area (Å²) in [6, 6.07) is 0. The van der Waals surface area contributed by atoms with Gasteiger partial charge in [-0.05, 0) is 167 Å². The largest absolute Gasteiger partial charge is 0.472 e. The van der Waals surface area contributed by atoms with Crippen molar-refractivity contribution in [3.05, 3.63) is 207 Å². The molecule has 0 saturated heterocycles. The van der Waals surface area contributed by atoms with E-state index in [1.165, 1.54) is 135 Å². The lowest BCUT2D eigenvalue weighted by Gasteiger charge is -2.21. The van der Waals surface area contributed by atoms with Crippen LogP contribution >= 0.6 is 15.6 Å². The highest BCUT2D eigenvalue weighted by atomic mass is 31.2. The molecule has 0 rings (SSSR count). The van der Waals surface area contributed by atoms with Gasteiger partial charge in [-0.3, -0.25) is 32.5 Å². The van der Waals surface area contributed by atoms with Crippen molar-refractivity contribution in [2.24, 2.45) is 0 Å². The smallest absolute Gasteiger partial charge is 0.463 e. The summed E-state index contributed by atoms with van der Waals surface area (Å²) in [5.41, 5.74) is 0. The number of phosphoric acid groups is 2. The van der Waals surface area contributed by atoms with E-state index in [2.05, 4.69) is 227 Å². The highest BCUT2D eigenvalue weighted by Gasteiger charge is 2.30. The van der Waals surface area contributed by atoms with Crippen LogP contribution in [0.15, 0.2) is 207 Å². The minimum absolute atomic E-state index is 0.0678. The molecule has 5 atom stereocenters. The SMILES string of the molecule is CC/C=C\C/C=C\C/C=C\C/C=C\C/C=C\C/C=C\CCCCCCCCCCCCCCC(=O)OCC(COP(=O)(O)OCC(O)COP(=O)(O)OCC(O)COC(=O)CCCCCCCCCCCCCCCCCCC/C=C\C/C=C\C/C=C\C/C=C\C/C=C\CC)OC(=O)CCCCCC/C=C\C/C=C\C/C=C\C/C=C\C/C=C\C/C=C\CC. The van der Waals surface area contributed by atoms with Crippen LogP contribution in [-0.2, 0) is 55.8 Å². The van der Waals surface area contributed by atoms with Gasteiger partial charge in [0.05, 0.1) is 26.4 Å². The minimum Gasteiger partial charge on any atom is -0.463 e. The topological polar surface area (TPSA) is 231 Å². The fraction of sp³-hybridized carbons (Fsp3) is 0.648. The van der Waals surface area contributed by atoms with Crippen molar-refractivity contribution in [1.82, 2.24) is 0 Å². The van der Waals surface area contributed by atoms with Crippen molar-refractivity contribution in [3.63, 3.8) is 0 Å². The van der Waals surface area contributed by atoms with Crippen LogP contribution in [0.2, 0.25) is 0 Å². The average Bonchev–Trinajstić information content (AvgIpc) is 0.912. The third kappa shape index (κ3) is 96.6. The Morgan fingerprint density at radius 1 is 0.228 bits per heavy atom. The number of phosphoric ester groups is 2. The van der Waals surface area contributed by atoms with E-state index in [-0.39, 0.29) is 19.3 Å². The molecule has 0 aromatic carbocycles. The van der Waals surface area contributed by atoms with Crippen LogP contribution in [0.3, 0.4) is 0 Å². The molecule has 5 unspecified atom stereocenters. The van der Waals surface area contributed by atoms with Crippen LogP contribution in [-0.4, -0.2) is 95.9 Å². The van der Waals surface area contributed by atoms with Crippen molar-refractivity contribution in [3.8, 4) is 0 Å². The number of allylic oxidation sites excluding steroid dienone is 34. The normalized spacial score (nSPS) is 14.6. The van der Waals surface area contributed by atoms with Gasteiger partial charge in [0, 0.05) is 19.3 Å². The Morgan fingerprint density at radius 2 is 0.407 bits per heavy atom. The van der Waals surface area contributed by atoms with E-state index in [0.717, 1.165) is 186 Å². The number of unbranched alkanes of at least 4 members (excludes halogenated alkanes) is 33. The molecule has 123 heavy (non-hydrogen) atoms. The molecular formula is C105H174O16P2. The second kappa shape index (κ2) is 95.2. The van der Waals surface area contributed by atoms with Crippen LogP contribution < -0.4 is 0 Å². The quantitative estimate of drug-likeness (QED) is 0.0146. The summed E-state index contributed by atoms with van der Waals surface area (Å²) < 4.78 is 61.5. The van der Waals surface area contributed by atoms with Gasteiger partial charge in [0.1, 0.15) is 25.4 Å². The number of rotatable bonds is 90. The standard InChI is InChI=1S/C105H174O16P2/c1-4-7-10-13-16-19-22-25-28-31-34-37-40-42-44-46-48-49-51-53-54-56-59-61-64-67-70-73-76-79-82-85-88-91-103(108)115-94-100(106)95-117-122(111,112)118-96-101(107)97-119-123(113,114)120-99-102(121-105(110)93-90-87-84-81-78-75-72-69-66-63-58-39-36-33-30-27-24-21-18-15-12-9-6-3)98-116-104(109)92-89-86-83-80-77-74-71-68-65-62-60-57-55-52-50-47-45-43-41-38-35-32-29-26-23-20-17-14-11-8-5-2/h7-12,16-21,25-30,34-39,42-45,50,52,63,66,72,75,100-102,106-107H,4-6,13-15,22-24,31-33,40-41,46-49,51,53-62,64-65,67-71,73-74,76-99H2,1-3H3,(H,111,112)(H,113,114)/b10-7-,11-8-,12-9-,19-16-,20-17-,21-18-,28-25-,29-26-,30-27-,37-34-,38-35-,39-36-,44-42-,45-43-,52-50-,66-63-,75-72-. The fourth-order valence-electron chi connectivity index (χ4n) is 12.8. The Balaban J connectivity index is 4.62. The molecule has 4 N–H and O–H groups in total. The Morgan fingerprint density at radius 3 is 0.642 bits per heavy atom. The molecule has 0 fully saturated rings. The van der Waals surface area contributed by atoms with E-state index in [4.69, 9.17) is 32.3 Å². The zero-order valence-corrected chi connectivity index (χ0v) is 79.1. The number of aliphatic hydroxyl groups is 2. The summed E-state index contributed by atoms with van der Waals surface area (Å²) in [6.45, 7) is 2.34. The molecule has 0 bridgehead atoms. The van der Waals surface area contributed by atoms with Gasteiger partial charge in [-0.25, -0.2) is 9.13 Å². The Hall–Kier alpha value is -5.87. The van der Waals surface area contributed by atoms with E-state index >= 15 is 0 Å². The number of aliphatic hydroxyl groups excluding tert-OH is 2. The summed E-state index contributed by atoms with van der Waals surface area (Å²) in [6.07, 6.45) is 129. The summed E-state index contributed by atoms with van der Waals surface area (Å²) >= 11 is 0. The lowest BCUT2D eigenvalue weighted by Crippen LogP contribution is -2.30. The molecule has 0 saturated carbocycles. The average molecular weight is 1750 g/mol. The predicted molar refractivity (Wildman–Crippen MR) is 518 cm³/mol. The zero-order chi connectivity index (χ0) is 89.3. The monoisotopic (exact) mass is 1750 g/mol. The molecule has 0 radical (unpaired) electrons. The lowest BCUT2D eigenvalue weighted by atomic mass is 10.0. The number of ether oxygens (including phenoxy) is 3. The maximum absolute atomic E-state index is 13.1. The molecule has 0 heterocycles. The zero-order valence-electron chi connectivity index (χ0n) is 77.3. The first-order valence-corrected chi connectivity index (χ1v) is 51.4. The molecule has 700 valence electrons. The predicted octanol–water partition coefficient (Wildman–Crippen LogP) is 30.3. The second-order valence-electron chi connectivity index (χ2n) is 31.7. The molecule has 0 aliphatic carbocycles. The van der Waals surface area contributed by atoms with Gasteiger partial charge >= 0.3 is 33.6 Å². The number of carbonyl (C=O) groups is 3.